The summed E-state index contributed by atoms with van der Waals surface area (Å²) in [5.74, 6) is -0.0328. The molecule has 0 spiro atoms. The Morgan fingerprint density at radius 1 is 0.750 bits per heavy atom. The molecule has 8 atom stereocenters. The van der Waals surface area contributed by atoms with Gasteiger partial charge in [-0.05, 0) is 84.3 Å². The van der Waals surface area contributed by atoms with E-state index in [4.69, 9.17) is 13.9 Å². The lowest BCUT2D eigenvalue weighted by molar-refractivity contribution is -0.302. The zero-order valence-corrected chi connectivity index (χ0v) is 34.9. The van der Waals surface area contributed by atoms with Crippen LogP contribution in [0.2, 0.25) is 23.7 Å². The fourth-order valence-corrected chi connectivity index (χ4v) is 18.4. The molecule has 0 amide bonds. The fourth-order valence-electron chi connectivity index (χ4n) is 10.3. The summed E-state index contributed by atoms with van der Waals surface area (Å²) in [6.45, 7) is 19.1. The number of ether oxygens (including phenoxy) is 2. The first-order valence-corrected chi connectivity index (χ1v) is 24.9. The summed E-state index contributed by atoms with van der Waals surface area (Å²) in [5.41, 5.74) is 1.47. The summed E-state index contributed by atoms with van der Waals surface area (Å²) in [5, 5.41) is 26.7. The maximum Gasteiger partial charge on any atom is 0.261 e. The molecule has 0 bridgehead atoms. The monoisotopic (exact) mass is 740 g/mol. The maximum absolute atomic E-state index is 11.5. The molecule has 3 aromatic rings. The SMILES string of the molecule is C[C@@H]1[C@H](CC[C@@H]2C[C@H](CCO[Si](c3ccccc3)(c3ccccc3)C(C)(C)C)OC(C)(C)O2)[C@@H]2C(=C[C@@H]1[Si](C)(C)c1ccccc1)[C@H](O)CC[C@@H]2O. The summed E-state index contributed by atoms with van der Waals surface area (Å²) < 4.78 is 20.5. The summed E-state index contributed by atoms with van der Waals surface area (Å²) >= 11 is 0. The van der Waals surface area contributed by atoms with Gasteiger partial charge in [0.1, 0.15) is 0 Å². The lowest BCUT2D eigenvalue weighted by Gasteiger charge is -2.51. The Morgan fingerprint density at radius 3 is 1.81 bits per heavy atom. The minimum atomic E-state index is -2.64. The maximum atomic E-state index is 11.5. The van der Waals surface area contributed by atoms with E-state index in [2.05, 4.69) is 138 Å². The molecule has 2 N–H and O–H groups in total. The molecule has 0 radical (unpaired) electrons. The molecule has 0 aromatic heterocycles. The Bertz CT molecular complexity index is 1580. The van der Waals surface area contributed by atoms with Crippen molar-refractivity contribution in [2.45, 2.75) is 134 Å². The zero-order valence-electron chi connectivity index (χ0n) is 32.9. The third-order valence-electron chi connectivity index (χ3n) is 12.8. The number of allylic oxidation sites excluding steroid dienone is 1. The number of aliphatic hydroxyl groups excluding tert-OH is 2. The van der Waals surface area contributed by atoms with Crippen LogP contribution in [0.15, 0.2) is 103 Å². The van der Waals surface area contributed by atoms with Crippen molar-refractivity contribution >= 4 is 32.0 Å². The quantitative estimate of drug-likeness (QED) is 0.154. The van der Waals surface area contributed by atoms with Crippen LogP contribution in [0.25, 0.3) is 0 Å². The smallest absolute Gasteiger partial charge is 0.261 e. The van der Waals surface area contributed by atoms with Crippen molar-refractivity contribution in [1.29, 1.82) is 0 Å². The van der Waals surface area contributed by atoms with E-state index >= 15 is 0 Å². The summed E-state index contributed by atoms with van der Waals surface area (Å²) in [4.78, 5) is 0. The molecule has 0 unspecified atom stereocenters. The minimum absolute atomic E-state index is 0.000857. The van der Waals surface area contributed by atoms with E-state index in [1.54, 1.807) is 0 Å². The van der Waals surface area contributed by atoms with Crippen LogP contribution in [-0.4, -0.2) is 63.4 Å². The van der Waals surface area contributed by atoms with Gasteiger partial charge in [-0.2, -0.15) is 0 Å². The van der Waals surface area contributed by atoms with E-state index in [1.807, 2.05) is 13.8 Å². The van der Waals surface area contributed by atoms with Crippen molar-refractivity contribution in [3.63, 3.8) is 0 Å². The largest absolute Gasteiger partial charge is 0.407 e. The van der Waals surface area contributed by atoms with Crippen molar-refractivity contribution in [3.05, 3.63) is 103 Å². The van der Waals surface area contributed by atoms with Crippen LogP contribution in [-0.2, 0) is 13.9 Å². The van der Waals surface area contributed by atoms with Crippen molar-refractivity contribution in [3.8, 4) is 0 Å². The van der Waals surface area contributed by atoms with Gasteiger partial charge in [0.15, 0.2) is 5.79 Å². The Hall–Kier alpha value is -2.37. The van der Waals surface area contributed by atoms with Gasteiger partial charge in [0.05, 0.1) is 32.5 Å². The molecular weight excluding hydrogens is 677 g/mol. The molecule has 3 aromatic carbocycles. The summed E-state index contributed by atoms with van der Waals surface area (Å²) in [6.07, 6.45) is 6.37. The second-order valence-corrected chi connectivity index (χ2v) is 27.0. The van der Waals surface area contributed by atoms with Gasteiger partial charge in [0.25, 0.3) is 8.32 Å². The molecule has 2 fully saturated rings. The highest BCUT2D eigenvalue weighted by Gasteiger charge is 2.51. The highest BCUT2D eigenvalue weighted by molar-refractivity contribution is 6.99. The van der Waals surface area contributed by atoms with Crippen LogP contribution in [0.4, 0.5) is 0 Å². The normalized spacial score (nSPS) is 29.6. The van der Waals surface area contributed by atoms with Gasteiger partial charge in [-0.3, -0.25) is 0 Å². The van der Waals surface area contributed by atoms with Gasteiger partial charge in [-0.1, -0.05) is 143 Å². The van der Waals surface area contributed by atoms with Crippen molar-refractivity contribution < 1.29 is 24.1 Å². The average Bonchev–Trinajstić information content (AvgIpc) is 3.11. The van der Waals surface area contributed by atoms with E-state index in [1.165, 1.54) is 15.6 Å². The third kappa shape index (κ3) is 8.02. The Kier molecular flexibility index (Phi) is 11.9. The second kappa shape index (κ2) is 15.8. The predicted octanol–water partition coefficient (Wildman–Crippen LogP) is 7.95. The lowest BCUT2D eigenvalue weighted by Crippen LogP contribution is -2.66. The Labute approximate surface area is 316 Å². The standard InChI is InChI=1S/C45H64O5Si2/c1-32-38(43-39(40(46)26-27-41(43)47)31-42(32)51(7,8)35-18-12-9-13-19-35)25-24-33-30-34(50-45(5,6)49-33)28-29-48-52(44(2,3)4,36-20-14-10-15-21-36)37-22-16-11-17-23-37/h9-23,31-34,38,40-43,46-47H,24-30H2,1-8H3/t32-,33-,34+,38+,40-,41+,42+,43-/m1/s1. The number of rotatable bonds is 11. The van der Waals surface area contributed by atoms with Crippen molar-refractivity contribution in [2.75, 3.05) is 6.61 Å². The van der Waals surface area contributed by atoms with Crippen LogP contribution < -0.4 is 15.6 Å². The van der Waals surface area contributed by atoms with Crippen molar-refractivity contribution in [2.24, 2.45) is 17.8 Å². The van der Waals surface area contributed by atoms with Gasteiger partial charge in [0.2, 0.25) is 0 Å². The molecule has 6 rings (SSSR count). The first kappa shape index (κ1) is 39.3. The van der Waals surface area contributed by atoms with E-state index in [-0.39, 0.29) is 29.1 Å². The zero-order chi connectivity index (χ0) is 37.3. The fraction of sp³-hybridized carbons (Fsp3) is 0.556. The Morgan fingerprint density at radius 2 is 1.27 bits per heavy atom. The van der Waals surface area contributed by atoms with Gasteiger partial charge in [0, 0.05) is 18.9 Å². The number of fused-ring (bicyclic) bond motifs is 1. The Balaban J connectivity index is 1.19. The second-order valence-electron chi connectivity index (χ2n) is 18.0. The molecule has 5 nitrogen and oxygen atoms in total. The van der Waals surface area contributed by atoms with Gasteiger partial charge >= 0.3 is 0 Å². The topological polar surface area (TPSA) is 68.2 Å². The van der Waals surface area contributed by atoms with E-state index in [0.717, 1.165) is 31.3 Å². The molecular formula is C45H64O5Si2. The molecule has 3 aliphatic rings. The third-order valence-corrected chi connectivity index (χ3v) is 22.0. The molecule has 52 heavy (non-hydrogen) atoms. The molecule has 1 aliphatic heterocycles. The van der Waals surface area contributed by atoms with Crippen molar-refractivity contribution in [1.82, 2.24) is 0 Å². The van der Waals surface area contributed by atoms with Crippen LogP contribution in [0.1, 0.15) is 80.1 Å². The van der Waals surface area contributed by atoms with E-state index < -0.39 is 34.4 Å². The van der Waals surface area contributed by atoms with Crippen LogP contribution in [0.3, 0.4) is 0 Å². The highest BCUT2D eigenvalue weighted by Crippen LogP contribution is 2.52. The number of benzene rings is 3. The van der Waals surface area contributed by atoms with E-state index in [0.29, 0.717) is 30.9 Å². The van der Waals surface area contributed by atoms with Gasteiger partial charge in [-0.15, -0.1) is 0 Å². The van der Waals surface area contributed by atoms with Crippen LogP contribution >= 0.6 is 0 Å². The molecule has 282 valence electrons. The predicted molar refractivity (Wildman–Crippen MR) is 219 cm³/mol. The van der Waals surface area contributed by atoms with Gasteiger partial charge < -0.3 is 24.1 Å². The van der Waals surface area contributed by atoms with E-state index in [9.17, 15) is 10.2 Å². The number of hydrogen-bond donors (Lipinski definition) is 2. The molecule has 1 heterocycles. The molecule has 7 heteroatoms. The lowest BCUT2D eigenvalue weighted by atomic mass is 9.63. The van der Waals surface area contributed by atoms with Crippen LogP contribution in [0, 0.1) is 17.8 Å². The first-order valence-electron chi connectivity index (χ1n) is 19.9. The number of hydrogen-bond acceptors (Lipinski definition) is 5. The average molecular weight is 741 g/mol. The molecule has 2 aliphatic carbocycles. The first-order chi connectivity index (χ1) is 24.6. The summed E-state index contributed by atoms with van der Waals surface area (Å²) in [6, 6.07) is 32.7. The molecule has 1 saturated carbocycles. The summed E-state index contributed by atoms with van der Waals surface area (Å²) in [7, 11) is -4.58. The minimum Gasteiger partial charge on any atom is -0.407 e. The van der Waals surface area contributed by atoms with Crippen LogP contribution in [0.5, 0.6) is 0 Å². The van der Waals surface area contributed by atoms with Gasteiger partial charge in [-0.25, -0.2) is 0 Å². The highest BCUT2D eigenvalue weighted by atomic mass is 28.4. The number of aliphatic hydroxyl groups is 2. The molecule has 1 saturated heterocycles.